The van der Waals surface area contributed by atoms with Crippen LogP contribution in [0, 0.1) is 0 Å². The van der Waals surface area contributed by atoms with E-state index in [0.717, 1.165) is 5.56 Å². The largest absolute Gasteiger partial charge is 0.468 e. The van der Waals surface area contributed by atoms with E-state index in [0.29, 0.717) is 12.8 Å². The maximum Gasteiger partial charge on any atom is 0.327 e. The molecule has 1 aromatic carbocycles. The van der Waals surface area contributed by atoms with Crippen LogP contribution in [0.25, 0.3) is 0 Å². The minimum absolute atomic E-state index is 0.107. The Bertz CT molecular complexity index is 609. The highest BCUT2D eigenvalue weighted by atomic mass is 16.5. The molecule has 2 rings (SSSR count). The number of nitrogens with one attached hydrogen (secondary N) is 2. The average Bonchev–Trinajstić information content (AvgIpc) is 3.01. The fraction of sp³-hybridized carbons (Fsp3) is 0.474. The number of methoxy groups -OCH3 is 1. The summed E-state index contributed by atoms with van der Waals surface area (Å²) in [4.78, 5) is 25.2. The maximum absolute atomic E-state index is 12.9. The van der Waals surface area contributed by atoms with Crippen LogP contribution in [0.15, 0.2) is 42.5 Å². The Morgan fingerprint density at radius 1 is 1.12 bits per heavy atom. The van der Waals surface area contributed by atoms with Crippen LogP contribution in [0.2, 0.25) is 0 Å². The monoisotopic (exact) mass is 330 g/mol. The average molecular weight is 330 g/mol. The highest BCUT2D eigenvalue weighted by Gasteiger charge is 2.43. The Balaban J connectivity index is 2.30. The predicted molar refractivity (Wildman–Crippen MR) is 93.3 cm³/mol. The van der Waals surface area contributed by atoms with Crippen molar-refractivity contribution in [1.29, 1.82) is 0 Å². The van der Waals surface area contributed by atoms with Gasteiger partial charge in [0.2, 0.25) is 5.91 Å². The second kappa shape index (κ2) is 7.18. The topological polar surface area (TPSA) is 67.4 Å². The van der Waals surface area contributed by atoms with Gasteiger partial charge >= 0.3 is 5.97 Å². The molecule has 1 aromatic rings. The van der Waals surface area contributed by atoms with Gasteiger partial charge in [-0.2, -0.15) is 0 Å². The summed E-state index contributed by atoms with van der Waals surface area (Å²) < 4.78 is 4.95. The molecule has 2 N–H and O–H groups in total. The lowest BCUT2D eigenvalue weighted by molar-refractivity contribution is -0.144. The summed E-state index contributed by atoms with van der Waals surface area (Å²) in [5.74, 6) is -0.513. The van der Waals surface area contributed by atoms with E-state index < -0.39 is 17.6 Å². The number of hydrogen-bond donors (Lipinski definition) is 2. The molecule has 0 aliphatic heterocycles. The van der Waals surface area contributed by atoms with Crippen LogP contribution in [-0.4, -0.2) is 30.1 Å². The second-order valence-electron chi connectivity index (χ2n) is 7.18. The molecule has 1 aliphatic carbocycles. The zero-order chi connectivity index (χ0) is 17.8. The van der Waals surface area contributed by atoms with E-state index in [1.165, 1.54) is 7.11 Å². The lowest BCUT2D eigenvalue weighted by Gasteiger charge is -2.35. The van der Waals surface area contributed by atoms with Crippen LogP contribution in [0.4, 0.5) is 0 Å². The molecule has 24 heavy (non-hydrogen) atoms. The van der Waals surface area contributed by atoms with Crippen LogP contribution < -0.4 is 10.6 Å². The van der Waals surface area contributed by atoms with E-state index in [1.54, 1.807) is 0 Å². The highest BCUT2D eigenvalue weighted by Crippen LogP contribution is 2.29. The van der Waals surface area contributed by atoms with Crippen molar-refractivity contribution < 1.29 is 14.3 Å². The molecule has 5 nitrogen and oxygen atoms in total. The van der Waals surface area contributed by atoms with Gasteiger partial charge in [-0.3, -0.25) is 10.1 Å². The summed E-state index contributed by atoms with van der Waals surface area (Å²) in [6.07, 6.45) is 5.01. The molecule has 0 saturated heterocycles. The first-order chi connectivity index (χ1) is 11.3. The van der Waals surface area contributed by atoms with Crippen molar-refractivity contribution in [3.05, 3.63) is 48.0 Å². The number of benzene rings is 1. The molecule has 0 aromatic heterocycles. The SMILES string of the molecule is COC(=O)C(NC1(C(=O)NC(C)(C)C)CC=CC1)c1ccccc1. The molecule has 0 fully saturated rings. The molecule has 0 radical (unpaired) electrons. The zero-order valence-corrected chi connectivity index (χ0v) is 14.8. The molecule has 1 amide bonds. The maximum atomic E-state index is 12.9. The van der Waals surface area contributed by atoms with E-state index in [9.17, 15) is 9.59 Å². The molecule has 0 saturated carbocycles. The van der Waals surface area contributed by atoms with Gasteiger partial charge in [-0.1, -0.05) is 42.5 Å². The molecule has 130 valence electrons. The molecular formula is C19H26N2O3. The molecule has 0 bridgehead atoms. The van der Waals surface area contributed by atoms with Crippen molar-refractivity contribution in [2.24, 2.45) is 0 Å². The minimum Gasteiger partial charge on any atom is -0.468 e. The van der Waals surface area contributed by atoms with Crippen molar-refractivity contribution in [3.8, 4) is 0 Å². The molecule has 0 spiro atoms. The summed E-state index contributed by atoms with van der Waals surface area (Å²) in [5.41, 5.74) is -0.414. The number of esters is 1. The Morgan fingerprint density at radius 2 is 1.71 bits per heavy atom. The number of carbonyl (C=O) groups is 2. The number of hydrogen-bond acceptors (Lipinski definition) is 4. The van der Waals surface area contributed by atoms with Gasteiger partial charge in [0, 0.05) is 5.54 Å². The molecular weight excluding hydrogens is 304 g/mol. The molecule has 1 unspecified atom stereocenters. The van der Waals surface area contributed by atoms with Gasteiger partial charge in [0.25, 0.3) is 0 Å². The standard InChI is InChI=1S/C19H26N2O3/c1-18(2,3)21-17(23)19(12-8-9-13-19)20-15(16(22)24-4)14-10-6-5-7-11-14/h5-11,15,20H,12-13H2,1-4H3,(H,21,23). The van der Waals surface area contributed by atoms with Gasteiger partial charge in [-0.25, -0.2) is 4.79 Å². The number of carbonyl (C=O) groups excluding carboxylic acids is 2. The van der Waals surface area contributed by atoms with E-state index in [1.807, 2.05) is 63.3 Å². The van der Waals surface area contributed by atoms with E-state index >= 15 is 0 Å². The van der Waals surface area contributed by atoms with Crippen molar-refractivity contribution in [2.45, 2.75) is 50.7 Å². The van der Waals surface area contributed by atoms with Gasteiger partial charge < -0.3 is 10.1 Å². The van der Waals surface area contributed by atoms with Crippen LogP contribution in [0.1, 0.15) is 45.2 Å². The lowest BCUT2D eigenvalue weighted by Crippen LogP contribution is -2.60. The first-order valence-electron chi connectivity index (χ1n) is 8.15. The van der Waals surface area contributed by atoms with Gasteiger partial charge in [0.05, 0.1) is 7.11 Å². The van der Waals surface area contributed by atoms with E-state index in [4.69, 9.17) is 4.74 Å². The normalized spacial score (nSPS) is 17.3. The first kappa shape index (κ1) is 18.2. The van der Waals surface area contributed by atoms with Crippen molar-refractivity contribution in [1.82, 2.24) is 10.6 Å². The molecule has 5 heteroatoms. The van der Waals surface area contributed by atoms with Crippen molar-refractivity contribution in [3.63, 3.8) is 0 Å². The molecule has 1 atom stereocenters. The molecule has 0 heterocycles. The van der Waals surface area contributed by atoms with E-state index in [-0.39, 0.29) is 11.4 Å². The number of rotatable bonds is 5. The lowest BCUT2D eigenvalue weighted by atomic mass is 9.91. The van der Waals surface area contributed by atoms with Gasteiger partial charge in [-0.05, 0) is 39.2 Å². The predicted octanol–water partition coefficient (Wildman–Crippen LogP) is 2.49. The number of amides is 1. The van der Waals surface area contributed by atoms with Crippen molar-refractivity contribution in [2.75, 3.05) is 7.11 Å². The van der Waals surface area contributed by atoms with Gasteiger partial charge in [0.1, 0.15) is 11.6 Å². The van der Waals surface area contributed by atoms with E-state index in [2.05, 4.69) is 10.6 Å². The van der Waals surface area contributed by atoms with Gasteiger partial charge in [-0.15, -0.1) is 0 Å². The highest BCUT2D eigenvalue weighted by molar-refractivity contribution is 5.89. The van der Waals surface area contributed by atoms with Crippen LogP contribution in [0.3, 0.4) is 0 Å². The Morgan fingerprint density at radius 3 is 2.21 bits per heavy atom. The van der Waals surface area contributed by atoms with Crippen LogP contribution in [0.5, 0.6) is 0 Å². The quantitative estimate of drug-likeness (QED) is 0.643. The summed E-state index contributed by atoms with van der Waals surface area (Å²) in [7, 11) is 1.36. The summed E-state index contributed by atoms with van der Waals surface area (Å²) in [5, 5.41) is 6.29. The summed E-state index contributed by atoms with van der Waals surface area (Å²) in [6, 6.07) is 8.63. The Hall–Kier alpha value is -2.14. The van der Waals surface area contributed by atoms with Crippen molar-refractivity contribution >= 4 is 11.9 Å². The minimum atomic E-state index is -0.845. The second-order valence-corrected chi connectivity index (χ2v) is 7.18. The fourth-order valence-electron chi connectivity index (χ4n) is 2.80. The summed E-state index contributed by atoms with van der Waals surface area (Å²) >= 11 is 0. The third-order valence-electron chi connectivity index (χ3n) is 4.01. The van der Waals surface area contributed by atoms with Crippen LogP contribution in [-0.2, 0) is 14.3 Å². The van der Waals surface area contributed by atoms with Crippen LogP contribution >= 0.6 is 0 Å². The first-order valence-corrected chi connectivity index (χ1v) is 8.15. The third kappa shape index (κ3) is 4.23. The number of ether oxygens (including phenoxy) is 1. The smallest absolute Gasteiger partial charge is 0.327 e. The Kier molecular flexibility index (Phi) is 5.44. The zero-order valence-electron chi connectivity index (χ0n) is 14.8. The Labute approximate surface area is 143 Å². The third-order valence-corrected chi connectivity index (χ3v) is 4.01. The van der Waals surface area contributed by atoms with Gasteiger partial charge in [0.15, 0.2) is 0 Å². The fourth-order valence-corrected chi connectivity index (χ4v) is 2.80. The summed E-state index contributed by atoms with van der Waals surface area (Å²) in [6.45, 7) is 5.82. The molecule has 1 aliphatic rings.